The third-order valence-corrected chi connectivity index (χ3v) is 7.46. The highest BCUT2D eigenvalue weighted by atomic mass is 35.5. The number of rotatable bonds is 5. The van der Waals surface area contributed by atoms with E-state index >= 15 is 0 Å². The SMILES string of the molecule is Cn1cc(C(=O)NCC2CCN(S(=O)(=O)c3c(Cl)cccc3Cl)CC2)cn1. The molecule has 146 valence electrons. The Morgan fingerprint density at radius 3 is 2.44 bits per heavy atom. The molecule has 0 atom stereocenters. The van der Waals surface area contributed by atoms with Crippen molar-refractivity contribution in [2.24, 2.45) is 13.0 Å². The predicted octanol–water partition coefficient (Wildman–Crippen LogP) is 2.56. The summed E-state index contributed by atoms with van der Waals surface area (Å²) in [6.07, 6.45) is 4.46. The summed E-state index contributed by atoms with van der Waals surface area (Å²) in [5.41, 5.74) is 0.505. The molecule has 10 heteroatoms. The summed E-state index contributed by atoms with van der Waals surface area (Å²) in [5.74, 6) is 0.0276. The van der Waals surface area contributed by atoms with Gasteiger partial charge in [0.25, 0.3) is 5.91 Å². The minimum absolute atomic E-state index is 0.0448. The first-order chi connectivity index (χ1) is 12.8. The van der Waals surface area contributed by atoms with E-state index in [1.807, 2.05) is 0 Å². The number of aryl methyl sites for hydroxylation is 1. The molecule has 0 radical (unpaired) electrons. The fraction of sp³-hybridized carbons (Fsp3) is 0.412. The summed E-state index contributed by atoms with van der Waals surface area (Å²) >= 11 is 12.1. The van der Waals surface area contributed by atoms with Crippen molar-refractivity contribution in [2.75, 3.05) is 19.6 Å². The van der Waals surface area contributed by atoms with Crippen molar-refractivity contribution >= 4 is 39.1 Å². The molecule has 0 saturated carbocycles. The summed E-state index contributed by atoms with van der Waals surface area (Å²) in [6, 6.07) is 4.64. The maximum Gasteiger partial charge on any atom is 0.254 e. The average molecular weight is 431 g/mol. The predicted molar refractivity (Wildman–Crippen MR) is 103 cm³/mol. The van der Waals surface area contributed by atoms with E-state index in [0.717, 1.165) is 0 Å². The van der Waals surface area contributed by atoms with Gasteiger partial charge in [0.2, 0.25) is 10.0 Å². The van der Waals surface area contributed by atoms with Crippen LogP contribution < -0.4 is 5.32 Å². The van der Waals surface area contributed by atoms with E-state index in [-0.39, 0.29) is 26.8 Å². The second-order valence-electron chi connectivity index (χ2n) is 6.51. The lowest BCUT2D eigenvalue weighted by Crippen LogP contribution is -2.41. The molecule has 1 fully saturated rings. The van der Waals surface area contributed by atoms with Gasteiger partial charge in [0.1, 0.15) is 4.90 Å². The van der Waals surface area contributed by atoms with Gasteiger partial charge in [0.05, 0.1) is 21.8 Å². The molecule has 1 aliphatic rings. The van der Waals surface area contributed by atoms with Gasteiger partial charge in [-0.2, -0.15) is 9.40 Å². The maximum atomic E-state index is 12.9. The molecule has 0 unspecified atom stereocenters. The van der Waals surface area contributed by atoms with Crippen LogP contribution in [0.4, 0.5) is 0 Å². The molecule has 2 aromatic rings. The molecule has 0 spiro atoms. The van der Waals surface area contributed by atoms with E-state index in [4.69, 9.17) is 23.2 Å². The number of piperidine rings is 1. The van der Waals surface area contributed by atoms with Crippen LogP contribution in [0.3, 0.4) is 0 Å². The fourth-order valence-corrected chi connectivity index (χ4v) is 5.65. The van der Waals surface area contributed by atoms with Crippen molar-refractivity contribution in [1.29, 1.82) is 0 Å². The quantitative estimate of drug-likeness (QED) is 0.789. The van der Waals surface area contributed by atoms with Gasteiger partial charge in [-0.3, -0.25) is 9.48 Å². The Labute approximate surface area is 168 Å². The lowest BCUT2D eigenvalue weighted by Gasteiger charge is -2.31. The average Bonchev–Trinajstić information content (AvgIpc) is 3.06. The summed E-state index contributed by atoms with van der Waals surface area (Å²) < 4.78 is 28.7. The zero-order valence-electron chi connectivity index (χ0n) is 14.7. The zero-order chi connectivity index (χ0) is 19.6. The first-order valence-electron chi connectivity index (χ1n) is 8.50. The number of carbonyl (C=O) groups excluding carboxylic acids is 1. The number of hydrogen-bond donors (Lipinski definition) is 1. The van der Waals surface area contributed by atoms with Gasteiger partial charge >= 0.3 is 0 Å². The molecule has 0 aliphatic carbocycles. The van der Waals surface area contributed by atoms with Crippen molar-refractivity contribution in [2.45, 2.75) is 17.7 Å². The second-order valence-corrected chi connectivity index (χ2v) is 9.20. The van der Waals surface area contributed by atoms with Gasteiger partial charge in [-0.05, 0) is 30.9 Å². The zero-order valence-corrected chi connectivity index (χ0v) is 17.1. The summed E-state index contributed by atoms with van der Waals surface area (Å²) in [4.78, 5) is 12.0. The Morgan fingerprint density at radius 1 is 1.26 bits per heavy atom. The van der Waals surface area contributed by atoms with Crippen molar-refractivity contribution in [3.63, 3.8) is 0 Å². The molecule has 1 saturated heterocycles. The summed E-state index contributed by atoms with van der Waals surface area (Å²) in [7, 11) is -2.00. The number of nitrogens with zero attached hydrogens (tertiary/aromatic N) is 3. The van der Waals surface area contributed by atoms with Crippen molar-refractivity contribution in [3.8, 4) is 0 Å². The number of aromatic nitrogens is 2. The van der Waals surface area contributed by atoms with Crippen LogP contribution in [0.5, 0.6) is 0 Å². The lowest BCUT2D eigenvalue weighted by molar-refractivity contribution is 0.0941. The highest BCUT2D eigenvalue weighted by Crippen LogP contribution is 2.33. The Balaban J connectivity index is 1.58. The Bertz CT molecular complexity index is 917. The molecular formula is C17H20Cl2N4O3S. The van der Waals surface area contributed by atoms with Crippen LogP contribution in [0, 0.1) is 5.92 Å². The molecular weight excluding hydrogens is 411 g/mol. The fourth-order valence-electron chi connectivity index (χ4n) is 3.09. The highest BCUT2D eigenvalue weighted by molar-refractivity contribution is 7.89. The molecule has 2 heterocycles. The van der Waals surface area contributed by atoms with Crippen molar-refractivity contribution < 1.29 is 13.2 Å². The third kappa shape index (κ3) is 4.45. The van der Waals surface area contributed by atoms with Gasteiger partial charge in [-0.25, -0.2) is 8.42 Å². The van der Waals surface area contributed by atoms with Crippen LogP contribution in [-0.2, 0) is 17.1 Å². The number of hydrogen-bond acceptors (Lipinski definition) is 4. The van der Waals surface area contributed by atoms with E-state index in [0.29, 0.717) is 38.0 Å². The Hall–Kier alpha value is -1.61. The van der Waals surface area contributed by atoms with Crippen molar-refractivity contribution in [1.82, 2.24) is 19.4 Å². The van der Waals surface area contributed by atoms with Crippen LogP contribution in [0.2, 0.25) is 10.0 Å². The molecule has 3 rings (SSSR count). The molecule has 1 amide bonds. The van der Waals surface area contributed by atoms with Crippen molar-refractivity contribution in [3.05, 3.63) is 46.2 Å². The van der Waals surface area contributed by atoms with E-state index in [9.17, 15) is 13.2 Å². The van der Waals surface area contributed by atoms with Gasteiger partial charge in [0.15, 0.2) is 0 Å². The van der Waals surface area contributed by atoms with Crippen LogP contribution >= 0.6 is 23.2 Å². The highest BCUT2D eigenvalue weighted by Gasteiger charge is 2.32. The number of carbonyl (C=O) groups is 1. The normalized spacial score (nSPS) is 16.4. The minimum atomic E-state index is -3.75. The molecule has 0 bridgehead atoms. The van der Waals surface area contributed by atoms with Gasteiger partial charge in [0, 0.05) is 32.9 Å². The monoisotopic (exact) mass is 430 g/mol. The lowest BCUT2D eigenvalue weighted by atomic mass is 9.98. The first kappa shape index (κ1) is 20.1. The number of benzene rings is 1. The van der Waals surface area contributed by atoms with E-state index < -0.39 is 10.0 Å². The second kappa shape index (κ2) is 8.18. The standard InChI is InChI=1S/C17H20Cl2N4O3S/c1-22-11-13(10-21-22)17(24)20-9-12-5-7-23(8-6-12)27(25,26)16-14(18)3-2-4-15(16)19/h2-4,10-12H,5-9H2,1H3,(H,20,24). The summed E-state index contributed by atoms with van der Waals surface area (Å²) in [5, 5.41) is 7.09. The van der Waals surface area contributed by atoms with Gasteiger partial charge < -0.3 is 5.32 Å². The van der Waals surface area contributed by atoms with Crippen LogP contribution in [-0.4, -0.2) is 48.0 Å². The number of halogens is 2. The smallest absolute Gasteiger partial charge is 0.254 e. The Kier molecular flexibility index (Phi) is 6.10. The van der Waals surface area contributed by atoms with Crippen LogP contribution in [0.15, 0.2) is 35.5 Å². The van der Waals surface area contributed by atoms with Gasteiger partial charge in [-0.1, -0.05) is 29.3 Å². The molecule has 1 N–H and O–H groups in total. The topological polar surface area (TPSA) is 84.3 Å². The molecule has 1 aromatic heterocycles. The van der Waals surface area contributed by atoms with Crippen LogP contribution in [0.1, 0.15) is 23.2 Å². The number of nitrogens with one attached hydrogen (secondary N) is 1. The molecule has 27 heavy (non-hydrogen) atoms. The van der Waals surface area contributed by atoms with E-state index in [1.54, 1.807) is 24.0 Å². The van der Waals surface area contributed by atoms with Gasteiger partial charge in [-0.15, -0.1) is 0 Å². The largest absolute Gasteiger partial charge is 0.352 e. The van der Waals surface area contributed by atoms with E-state index in [1.165, 1.54) is 22.6 Å². The minimum Gasteiger partial charge on any atom is -0.352 e. The Morgan fingerprint density at radius 2 is 1.89 bits per heavy atom. The molecule has 7 nitrogen and oxygen atoms in total. The summed E-state index contributed by atoms with van der Waals surface area (Å²) in [6.45, 7) is 1.21. The number of sulfonamides is 1. The molecule has 1 aromatic carbocycles. The van der Waals surface area contributed by atoms with E-state index in [2.05, 4.69) is 10.4 Å². The first-order valence-corrected chi connectivity index (χ1v) is 10.7. The maximum absolute atomic E-state index is 12.9. The molecule has 1 aliphatic heterocycles. The third-order valence-electron chi connectivity index (χ3n) is 4.61. The van der Waals surface area contributed by atoms with Crippen LogP contribution in [0.25, 0.3) is 0 Å². The number of amides is 1.